The van der Waals surface area contributed by atoms with E-state index in [0.717, 1.165) is 32.1 Å². The molecule has 0 radical (unpaired) electrons. The van der Waals surface area contributed by atoms with Crippen molar-refractivity contribution < 1.29 is 0 Å². The molecule has 0 spiro atoms. The molecule has 8 N–H and O–H groups in total. The molecule has 4 nitrogen and oxygen atoms in total. The molecule has 0 saturated carbocycles. The Morgan fingerprint density at radius 3 is 1.75 bits per heavy atom. The minimum atomic E-state index is -0.533. The minimum absolute atomic E-state index is 0.533. The topological polar surface area (TPSA) is 104 Å². The lowest BCUT2D eigenvalue weighted by Gasteiger charge is -2.24. The van der Waals surface area contributed by atoms with Crippen molar-refractivity contribution in [1.29, 1.82) is 0 Å². The van der Waals surface area contributed by atoms with E-state index < -0.39 is 5.66 Å². The zero-order valence-corrected chi connectivity index (χ0v) is 7.76. The monoisotopic (exact) mass is 174 g/mol. The van der Waals surface area contributed by atoms with Crippen LogP contribution in [0, 0.1) is 0 Å². The number of nitrogens with two attached hydrogens (primary N) is 4. The first-order chi connectivity index (χ1) is 5.62. The van der Waals surface area contributed by atoms with Crippen molar-refractivity contribution in [3.63, 3.8) is 0 Å². The molecule has 0 amide bonds. The maximum atomic E-state index is 5.82. The maximum absolute atomic E-state index is 5.82. The van der Waals surface area contributed by atoms with Gasteiger partial charge in [0.2, 0.25) is 0 Å². The number of hydrogen-bond acceptors (Lipinski definition) is 4. The van der Waals surface area contributed by atoms with Crippen LogP contribution in [0.3, 0.4) is 0 Å². The molecule has 0 aromatic rings. The summed E-state index contributed by atoms with van der Waals surface area (Å²) in [5, 5.41) is 0. The van der Waals surface area contributed by atoms with Crippen molar-refractivity contribution in [1.82, 2.24) is 0 Å². The highest BCUT2D eigenvalue weighted by molar-refractivity contribution is 4.76. The Morgan fingerprint density at radius 2 is 1.25 bits per heavy atom. The maximum Gasteiger partial charge on any atom is 0.0637 e. The van der Waals surface area contributed by atoms with Crippen molar-refractivity contribution in [3.05, 3.63) is 0 Å². The lowest BCUT2D eigenvalue weighted by Crippen LogP contribution is -2.49. The first-order valence-electron chi connectivity index (χ1n) is 4.60. The fraction of sp³-hybridized carbons (Fsp3) is 1.00. The summed E-state index contributed by atoms with van der Waals surface area (Å²) in [5.41, 5.74) is 21.8. The van der Waals surface area contributed by atoms with Crippen LogP contribution in [-0.2, 0) is 0 Å². The van der Waals surface area contributed by atoms with Gasteiger partial charge in [0.25, 0.3) is 0 Å². The van der Waals surface area contributed by atoms with Gasteiger partial charge < -0.3 is 22.9 Å². The molecule has 0 atom stereocenters. The Labute approximate surface area is 74.7 Å². The molecule has 0 aromatic carbocycles. The summed E-state index contributed by atoms with van der Waals surface area (Å²) >= 11 is 0. The van der Waals surface area contributed by atoms with Crippen LogP contribution in [0.1, 0.15) is 32.1 Å². The van der Waals surface area contributed by atoms with Crippen LogP contribution in [-0.4, -0.2) is 18.8 Å². The normalized spacial score (nSPS) is 12.0. The van der Waals surface area contributed by atoms with Gasteiger partial charge in [0, 0.05) is 0 Å². The minimum Gasteiger partial charge on any atom is -0.330 e. The Hall–Kier alpha value is -0.160. The van der Waals surface area contributed by atoms with Gasteiger partial charge in [0.15, 0.2) is 0 Å². The molecule has 0 saturated heterocycles. The fourth-order valence-electron chi connectivity index (χ4n) is 1.15. The standard InChI is InChI=1S/C8H22N4/c9-6-2-1-4-8(11,12)5-3-7-10/h1-7,9-12H2. The fourth-order valence-corrected chi connectivity index (χ4v) is 1.15. The highest BCUT2D eigenvalue weighted by atomic mass is 14.9. The van der Waals surface area contributed by atoms with Crippen molar-refractivity contribution in [2.45, 2.75) is 37.8 Å². The SMILES string of the molecule is NCCCCC(N)(N)CCCN. The Morgan fingerprint density at radius 1 is 0.750 bits per heavy atom. The summed E-state index contributed by atoms with van der Waals surface area (Å²) in [6.45, 7) is 1.38. The van der Waals surface area contributed by atoms with Crippen molar-refractivity contribution in [3.8, 4) is 0 Å². The van der Waals surface area contributed by atoms with Gasteiger partial charge in [-0.05, 0) is 45.2 Å². The Bertz CT molecular complexity index is 103. The number of rotatable bonds is 7. The predicted octanol–water partition coefficient (Wildman–Crippen LogP) is -0.532. The quantitative estimate of drug-likeness (QED) is 0.307. The van der Waals surface area contributed by atoms with Gasteiger partial charge in [-0.15, -0.1) is 0 Å². The summed E-state index contributed by atoms with van der Waals surface area (Å²) < 4.78 is 0. The third-order valence-corrected chi connectivity index (χ3v) is 1.94. The van der Waals surface area contributed by atoms with Crippen LogP contribution in [0.15, 0.2) is 0 Å². The van der Waals surface area contributed by atoms with E-state index in [9.17, 15) is 0 Å². The van der Waals surface area contributed by atoms with Crippen LogP contribution < -0.4 is 22.9 Å². The van der Waals surface area contributed by atoms with Crippen molar-refractivity contribution in [2.75, 3.05) is 13.1 Å². The van der Waals surface area contributed by atoms with E-state index in [2.05, 4.69) is 0 Å². The highest BCUT2D eigenvalue weighted by Gasteiger charge is 2.16. The highest BCUT2D eigenvalue weighted by Crippen LogP contribution is 2.10. The molecule has 0 aliphatic carbocycles. The van der Waals surface area contributed by atoms with Gasteiger partial charge in [0.05, 0.1) is 5.66 Å². The van der Waals surface area contributed by atoms with Gasteiger partial charge in [-0.1, -0.05) is 0 Å². The first-order valence-corrected chi connectivity index (χ1v) is 4.60. The Kier molecular flexibility index (Phi) is 6.28. The van der Waals surface area contributed by atoms with Crippen LogP contribution in [0.25, 0.3) is 0 Å². The third-order valence-electron chi connectivity index (χ3n) is 1.94. The van der Waals surface area contributed by atoms with E-state index >= 15 is 0 Å². The Balaban J connectivity index is 3.42. The second kappa shape index (κ2) is 6.37. The molecule has 0 aromatic heterocycles. The van der Waals surface area contributed by atoms with E-state index in [-0.39, 0.29) is 0 Å². The predicted molar refractivity (Wildman–Crippen MR) is 52.3 cm³/mol. The van der Waals surface area contributed by atoms with E-state index in [4.69, 9.17) is 22.9 Å². The largest absolute Gasteiger partial charge is 0.330 e. The smallest absolute Gasteiger partial charge is 0.0637 e. The van der Waals surface area contributed by atoms with Gasteiger partial charge in [-0.3, -0.25) is 0 Å². The average molecular weight is 174 g/mol. The molecule has 0 heterocycles. The molecule has 4 heteroatoms. The van der Waals surface area contributed by atoms with Crippen LogP contribution in [0.2, 0.25) is 0 Å². The first kappa shape index (κ1) is 11.8. The molecule has 0 fully saturated rings. The second-order valence-corrected chi connectivity index (χ2v) is 3.37. The molecular weight excluding hydrogens is 152 g/mol. The third kappa shape index (κ3) is 6.54. The van der Waals surface area contributed by atoms with Crippen LogP contribution in [0.4, 0.5) is 0 Å². The lowest BCUT2D eigenvalue weighted by atomic mass is 9.99. The van der Waals surface area contributed by atoms with Crippen molar-refractivity contribution in [2.24, 2.45) is 22.9 Å². The summed E-state index contributed by atoms with van der Waals surface area (Å²) in [4.78, 5) is 0. The number of hydrogen-bond donors (Lipinski definition) is 4. The second-order valence-electron chi connectivity index (χ2n) is 3.37. The zero-order valence-electron chi connectivity index (χ0n) is 7.76. The molecule has 0 aliphatic rings. The van der Waals surface area contributed by atoms with Gasteiger partial charge in [0.1, 0.15) is 0 Å². The average Bonchev–Trinajstić information content (AvgIpc) is 2.01. The molecule has 0 unspecified atom stereocenters. The van der Waals surface area contributed by atoms with E-state index in [1.165, 1.54) is 0 Å². The van der Waals surface area contributed by atoms with E-state index in [0.29, 0.717) is 13.1 Å². The molecule has 0 bridgehead atoms. The van der Waals surface area contributed by atoms with Gasteiger partial charge >= 0.3 is 0 Å². The molecule has 0 rings (SSSR count). The van der Waals surface area contributed by atoms with Crippen LogP contribution >= 0.6 is 0 Å². The van der Waals surface area contributed by atoms with E-state index in [1.54, 1.807) is 0 Å². The molecular formula is C8H22N4. The number of unbranched alkanes of at least 4 members (excludes halogenated alkanes) is 1. The van der Waals surface area contributed by atoms with Gasteiger partial charge in [-0.2, -0.15) is 0 Å². The molecule has 12 heavy (non-hydrogen) atoms. The van der Waals surface area contributed by atoms with E-state index in [1.807, 2.05) is 0 Å². The summed E-state index contributed by atoms with van der Waals surface area (Å²) in [6.07, 6.45) is 4.54. The molecule has 0 aliphatic heterocycles. The van der Waals surface area contributed by atoms with Gasteiger partial charge in [-0.25, -0.2) is 0 Å². The summed E-state index contributed by atoms with van der Waals surface area (Å²) in [7, 11) is 0. The van der Waals surface area contributed by atoms with Crippen LogP contribution in [0.5, 0.6) is 0 Å². The zero-order chi connectivity index (χ0) is 9.45. The molecule has 74 valence electrons. The lowest BCUT2D eigenvalue weighted by molar-refractivity contribution is 0.358. The summed E-state index contributed by atoms with van der Waals surface area (Å²) in [6, 6.07) is 0. The summed E-state index contributed by atoms with van der Waals surface area (Å²) in [5.74, 6) is 0. The van der Waals surface area contributed by atoms with Crippen molar-refractivity contribution >= 4 is 0 Å².